The van der Waals surface area contributed by atoms with E-state index in [9.17, 15) is 4.79 Å². The number of halogens is 1. The number of amides is 1. The lowest BCUT2D eigenvalue weighted by atomic mass is 10.00. The second-order valence-corrected chi connectivity index (χ2v) is 5.95. The van der Waals surface area contributed by atoms with Crippen molar-refractivity contribution in [3.8, 4) is 5.69 Å². The van der Waals surface area contributed by atoms with E-state index in [0.29, 0.717) is 5.28 Å². The second-order valence-electron chi connectivity index (χ2n) is 5.61. The van der Waals surface area contributed by atoms with Crippen LogP contribution in [0.1, 0.15) is 24.0 Å². The fraction of sp³-hybridized carbons (Fsp3) is 0.294. The minimum Gasteiger partial charge on any atom is -0.342 e. The van der Waals surface area contributed by atoms with Crippen LogP contribution in [0.15, 0.2) is 36.2 Å². The number of likely N-dealkylation sites (N-methyl/N-ethyl adjacent to an activating group) is 1. The number of likely N-dealkylation sites (tertiary alicyclic amines) is 1. The Hall–Kier alpha value is -2.07. The summed E-state index contributed by atoms with van der Waals surface area (Å²) in [7, 11) is 1.85. The first-order valence-electron chi connectivity index (χ1n) is 7.32. The van der Waals surface area contributed by atoms with E-state index in [-0.39, 0.29) is 5.91 Å². The number of hydrogen-bond donors (Lipinski definition) is 0. The molecule has 4 nitrogen and oxygen atoms in total. The van der Waals surface area contributed by atoms with Crippen molar-refractivity contribution in [2.45, 2.75) is 19.8 Å². The average Bonchev–Trinajstić information content (AvgIpc) is 2.90. The molecule has 0 aliphatic carbocycles. The van der Waals surface area contributed by atoms with Gasteiger partial charge in [0.25, 0.3) is 0 Å². The molecule has 1 amide bonds. The third kappa shape index (κ3) is 2.79. The van der Waals surface area contributed by atoms with Gasteiger partial charge in [0.1, 0.15) is 0 Å². The molecule has 2 aromatic rings. The van der Waals surface area contributed by atoms with Crippen LogP contribution in [0.4, 0.5) is 0 Å². The molecule has 0 spiro atoms. The molecule has 0 N–H and O–H groups in total. The highest BCUT2D eigenvalue weighted by molar-refractivity contribution is 6.28. The number of hydrogen-bond acceptors (Lipinski definition) is 2. The van der Waals surface area contributed by atoms with Crippen molar-refractivity contribution in [2.24, 2.45) is 0 Å². The average molecular weight is 316 g/mol. The molecule has 1 saturated heterocycles. The zero-order valence-corrected chi connectivity index (χ0v) is 13.5. The van der Waals surface area contributed by atoms with E-state index in [0.717, 1.165) is 41.8 Å². The summed E-state index contributed by atoms with van der Waals surface area (Å²) < 4.78 is 1.84. The van der Waals surface area contributed by atoms with Gasteiger partial charge in [0.15, 0.2) is 0 Å². The summed E-state index contributed by atoms with van der Waals surface area (Å²) >= 11 is 6.07. The fourth-order valence-corrected chi connectivity index (χ4v) is 3.00. The van der Waals surface area contributed by atoms with Gasteiger partial charge in [-0.3, -0.25) is 9.36 Å². The van der Waals surface area contributed by atoms with Crippen molar-refractivity contribution < 1.29 is 4.79 Å². The lowest BCUT2D eigenvalue weighted by Gasteiger charge is -2.24. The summed E-state index contributed by atoms with van der Waals surface area (Å²) in [5.41, 5.74) is 4.00. The number of rotatable bonds is 2. The van der Waals surface area contributed by atoms with Crippen LogP contribution >= 0.6 is 11.6 Å². The van der Waals surface area contributed by atoms with Crippen LogP contribution in [0, 0.1) is 6.92 Å². The molecule has 0 atom stereocenters. The molecule has 1 fully saturated rings. The highest BCUT2D eigenvalue weighted by Crippen LogP contribution is 2.23. The molecule has 1 aliphatic heterocycles. The van der Waals surface area contributed by atoms with Crippen molar-refractivity contribution >= 4 is 23.6 Å². The van der Waals surface area contributed by atoms with Gasteiger partial charge >= 0.3 is 0 Å². The minimum atomic E-state index is 0.130. The van der Waals surface area contributed by atoms with Gasteiger partial charge < -0.3 is 4.90 Å². The third-order valence-electron chi connectivity index (χ3n) is 3.98. The first-order chi connectivity index (χ1) is 10.6. The SMILES string of the molecule is Cc1cc(/C=C2\CCCN(C)C2=O)ccc1-n1ccnc1Cl. The molecule has 114 valence electrons. The number of carbonyl (C=O) groups is 1. The Balaban J connectivity index is 1.92. The van der Waals surface area contributed by atoms with E-state index in [2.05, 4.69) is 11.1 Å². The third-order valence-corrected chi connectivity index (χ3v) is 4.26. The molecule has 1 aromatic carbocycles. The number of benzene rings is 1. The fourth-order valence-electron chi connectivity index (χ4n) is 2.80. The maximum Gasteiger partial charge on any atom is 0.249 e. The van der Waals surface area contributed by atoms with Gasteiger partial charge in [0.05, 0.1) is 5.69 Å². The molecule has 0 bridgehead atoms. The number of piperidine rings is 1. The summed E-state index contributed by atoms with van der Waals surface area (Å²) in [5.74, 6) is 0.130. The molecule has 0 radical (unpaired) electrons. The van der Waals surface area contributed by atoms with Gasteiger partial charge in [-0.1, -0.05) is 6.07 Å². The Bertz CT molecular complexity index is 748. The molecule has 22 heavy (non-hydrogen) atoms. The normalized spacial score (nSPS) is 17.3. The number of aromatic nitrogens is 2. The zero-order chi connectivity index (χ0) is 15.7. The summed E-state index contributed by atoms with van der Waals surface area (Å²) in [6, 6.07) is 6.08. The van der Waals surface area contributed by atoms with E-state index in [1.54, 1.807) is 11.1 Å². The van der Waals surface area contributed by atoms with Crippen molar-refractivity contribution in [3.63, 3.8) is 0 Å². The highest BCUT2D eigenvalue weighted by atomic mass is 35.5. The Kier molecular flexibility index (Phi) is 4.03. The molecule has 3 rings (SSSR count). The monoisotopic (exact) mass is 315 g/mol. The van der Waals surface area contributed by atoms with Gasteiger partial charge in [-0.2, -0.15) is 0 Å². The standard InChI is InChI=1S/C17H18ClN3O/c1-12-10-13(11-14-4-3-8-20(2)16(14)22)5-6-15(12)21-9-7-19-17(21)18/h5-7,9-11H,3-4,8H2,1-2H3/b14-11+. The zero-order valence-electron chi connectivity index (χ0n) is 12.7. The molecule has 0 unspecified atom stereocenters. The van der Waals surface area contributed by atoms with Crippen molar-refractivity contribution in [2.75, 3.05) is 13.6 Å². The maximum atomic E-state index is 12.1. The summed E-state index contributed by atoms with van der Waals surface area (Å²) in [5, 5.41) is 0.443. The summed E-state index contributed by atoms with van der Waals surface area (Å²) in [6.07, 6.45) is 7.37. The molecule has 2 heterocycles. The predicted octanol–water partition coefficient (Wildman–Crippen LogP) is 3.47. The van der Waals surface area contributed by atoms with Crippen LogP contribution in [-0.2, 0) is 4.79 Å². The van der Waals surface area contributed by atoms with Gasteiger partial charge in [0, 0.05) is 31.6 Å². The smallest absolute Gasteiger partial charge is 0.249 e. The molecular formula is C17H18ClN3O. The van der Waals surface area contributed by atoms with Crippen LogP contribution in [0.2, 0.25) is 5.28 Å². The number of carbonyl (C=O) groups excluding carboxylic acids is 1. The highest BCUT2D eigenvalue weighted by Gasteiger charge is 2.19. The lowest BCUT2D eigenvalue weighted by molar-refractivity contribution is -0.127. The van der Waals surface area contributed by atoms with Crippen LogP contribution in [0.3, 0.4) is 0 Å². The van der Waals surface area contributed by atoms with Crippen molar-refractivity contribution in [1.29, 1.82) is 0 Å². The van der Waals surface area contributed by atoms with Crippen LogP contribution in [-0.4, -0.2) is 34.0 Å². The summed E-state index contributed by atoms with van der Waals surface area (Å²) in [6.45, 7) is 2.87. The van der Waals surface area contributed by atoms with Crippen LogP contribution in [0.25, 0.3) is 11.8 Å². The van der Waals surface area contributed by atoms with Gasteiger partial charge in [-0.25, -0.2) is 4.98 Å². The minimum absolute atomic E-state index is 0.130. The molecular weight excluding hydrogens is 298 g/mol. The van der Waals surface area contributed by atoms with Crippen molar-refractivity contribution in [3.05, 3.63) is 52.6 Å². The number of aryl methyl sites for hydroxylation is 1. The van der Waals surface area contributed by atoms with E-state index in [1.807, 2.05) is 42.9 Å². The first kappa shape index (κ1) is 14.9. The topological polar surface area (TPSA) is 38.1 Å². The molecule has 0 saturated carbocycles. The largest absolute Gasteiger partial charge is 0.342 e. The Morgan fingerprint density at radius 1 is 1.36 bits per heavy atom. The molecule has 1 aliphatic rings. The van der Waals surface area contributed by atoms with Gasteiger partial charge in [-0.05, 0) is 60.7 Å². The van der Waals surface area contributed by atoms with Crippen LogP contribution in [0.5, 0.6) is 0 Å². The van der Waals surface area contributed by atoms with Crippen LogP contribution < -0.4 is 0 Å². The van der Waals surface area contributed by atoms with E-state index in [4.69, 9.17) is 11.6 Å². The quantitative estimate of drug-likeness (QED) is 0.796. The van der Waals surface area contributed by atoms with E-state index in [1.165, 1.54) is 0 Å². The first-order valence-corrected chi connectivity index (χ1v) is 7.70. The number of imidazole rings is 1. The maximum absolute atomic E-state index is 12.1. The second kappa shape index (κ2) is 5.97. The Morgan fingerprint density at radius 3 is 2.86 bits per heavy atom. The summed E-state index contributed by atoms with van der Waals surface area (Å²) in [4.78, 5) is 18.0. The van der Waals surface area contributed by atoms with E-state index < -0.39 is 0 Å². The lowest BCUT2D eigenvalue weighted by Crippen LogP contribution is -2.33. The molecule has 1 aromatic heterocycles. The van der Waals surface area contributed by atoms with Gasteiger partial charge in [-0.15, -0.1) is 0 Å². The number of nitrogens with zero attached hydrogens (tertiary/aromatic N) is 3. The van der Waals surface area contributed by atoms with Crippen molar-refractivity contribution in [1.82, 2.24) is 14.5 Å². The molecule has 5 heteroatoms. The van der Waals surface area contributed by atoms with E-state index >= 15 is 0 Å². The Morgan fingerprint density at radius 2 is 2.18 bits per heavy atom. The van der Waals surface area contributed by atoms with Gasteiger partial charge in [0.2, 0.25) is 11.2 Å². The Labute approximate surface area is 135 Å². The predicted molar refractivity (Wildman–Crippen MR) is 88.2 cm³/mol.